The Hall–Kier alpha value is -1.84. The maximum Gasteiger partial charge on any atom is 0.324 e. The minimum Gasteiger partial charge on any atom is -0.468 e. The second-order valence-corrected chi connectivity index (χ2v) is 5.58. The van der Waals surface area contributed by atoms with E-state index in [-0.39, 0.29) is 12.8 Å². The molecule has 0 aliphatic rings. The van der Waals surface area contributed by atoms with Crippen molar-refractivity contribution in [3.8, 4) is 11.8 Å². The third kappa shape index (κ3) is 6.73. The zero-order chi connectivity index (χ0) is 18.6. The Morgan fingerprint density at radius 1 is 1.04 bits per heavy atom. The maximum atomic E-state index is 12.3. The molecule has 136 valence electrons. The molecule has 0 saturated heterocycles. The van der Waals surface area contributed by atoms with E-state index in [4.69, 9.17) is 18.9 Å². The lowest BCUT2D eigenvalue weighted by Crippen LogP contribution is -2.41. The fraction of sp³-hybridized carbons (Fsp3) is 0.667. The number of rotatable bonds is 9. The predicted octanol–water partition coefficient (Wildman–Crippen LogP) is 2.47. The molecule has 0 heterocycles. The summed E-state index contributed by atoms with van der Waals surface area (Å²) in [7, 11) is 5.56. The fourth-order valence-electron chi connectivity index (χ4n) is 2.21. The van der Waals surface area contributed by atoms with E-state index < -0.39 is 23.6 Å². The standard InChI is InChI=1S/C18H28O6/c1-14(2)10-7-8-12-18(16(19)23-5,17(20)24-6)13-9-11-15(21-3)22-4/h10,15H,9,11-13H2,1-6H3. The van der Waals surface area contributed by atoms with E-state index >= 15 is 0 Å². The molecule has 0 amide bonds. The van der Waals surface area contributed by atoms with Crippen LogP contribution in [0.3, 0.4) is 0 Å². The van der Waals surface area contributed by atoms with Crippen molar-refractivity contribution in [3.63, 3.8) is 0 Å². The minimum atomic E-state index is -1.45. The number of allylic oxidation sites excluding steroid dienone is 2. The molecule has 0 aromatic heterocycles. The van der Waals surface area contributed by atoms with Gasteiger partial charge in [-0.1, -0.05) is 17.4 Å². The van der Waals surface area contributed by atoms with E-state index in [1.54, 1.807) is 6.08 Å². The third-order valence-corrected chi connectivity index (χ3v) is 3.57. The first kappa shape index (κ1) is 22.2. The summed E-state index contributed by atoms with van der Waals surface area (Å²) in [5, 5.41) is 0. The molecule has 0 aliphatic heterocycles. The van der Waals surface area contributed by atoms with Crippen LogP contribution in [0.4, 0.5) is 0 Å². The van der Waals surface area contributed by atoms with Crippen molar-refractivity contribution in [2.75, 3.05) is 28.4 Å². The van der Waals surface area contributed by atoms with Gasteiger partial charge in [-0.15, -0.1) is 0 Å². The highest BCUT2D eigenvalue weighted by atomic mass is 16.7. The van der Waals surface area contributed by atoms with Gasteiger partial charge in [0.05, 0.1) is 14.2 Å². The zero-order valence-corrected chi connectivity index (χ0v) is 15.4. The topological polar surface area (TPSA) is 71.1 Å². The van der Waals surface area contributed by atoms with E-state index in [0.29, 0.717) is 12.8 Å². The van der Waals surface area contributed by atoms with E-state index in [2.05, 4.69) is 11.8 Å². The highest BCUT2D eigenvalue weighted by molar-refractivity contribution is 6.00. The SMILES string of the molecule is COC(=O)C(CC#CC=C(C)C)(CCCC(OC)OC)C(=O)OC. The lowest BCUT2D eigenvalue weighted by Gasteiger charge is -2.26. The molecule has 24 heavy (non-hydrogen) atoms. The Labute approximate surface area is 144 Å². The first-order valence-electron chi connectivity index (χ1n) is 7.72. The van der Waals surface area contributed by atoms with Gasteiger partial charge in [0, 0.05) is 20.6 Å². The molecular weight excluding hydrogens is 312 g/mol. The summed E-state index contributed by atoms with van der Waals surface area (Å²) < 4.78 is 19.9. The van der Waals surface area contributed by atoms with Crippen molar-refractivity contribution in [3.05, 3.63) is 11.6 Å². The Kier molecular flexibility index (Phi) is 10.8. The van der Waals surface area contributed by atoms with Gasteiger partial charge >= 0.3 is 11.9 Å². The molecule has 0 atom stereocenters. The summed E-state index contributed by atoms with van der Waals surface area (Å²) in [4.78, 5) is 24.6. The van der Waals surface area contributed by atoms with Crippen molar-refractivity contribution >= 4 is 11.9 Å². The maximum absolute atomic E-state index is 12.3. The molecule has 0 spiro atoms. The fourth-order valence-corrected chi connectivity index (χ4v) is 2.21. The molecule has 0 rings (SSSR count). The third-order valence-electron chi connectivity index (χ3n) is 3.57. The number of carbonyl (C=O) groups excluding carboxylic acids is 2. The molecule has 0 bridgehead atoms. The molecule has 0 aromatic carbocycles. The second kappa shape index (κ2) is 11.7. The van der Waals surface area contributed by atoms with Crippen LogP contribution in [-0.4, -0.2) is 46.7 Å². The first-order valence-corrected chi connectivity index (χ1v) is 7.72. The van der Waals surface area contributed by atoms with Crippen molar-refractivity contribution in [2.45, 2.75) is 45.8 Å². The number of ether oxygens (including phenoxy) is 4. The van der Waals surface area contributed by atoms with Gasteiger partial charge in [-0.3, -0.25) is 9.59 Å². The number of hydrogen-bond donors (Lipinski definition) is 0. The average molecular weight is 340 g/mol. The van der Waals surface area contributed by atoms with Crippen LogP contribution in [0.25, 0.3) is 0 Å². The van der Waals surface area contributed by atoms with E-state index in [9.17, 15) is 9.59 Å². The number of methoxy groups -OCH3 is 4. The van der Waals surface area contributed by atoms with E-state index in [0.717, 1.165) is 5.57 Å². The Balaban J connectivity index is 5.34. The van der Waals surface area contributed by atoms with Crippen LogP contribution in [-0.2, 0) is 28.5 Å². The summed E-state index contributed by atoms with van der Waals surface area (Å²) in [6.45, 7) is 3.83. The van der Waals surface area contributed by atoms with Gasteiger partial charge in [-0.25, -0.2) is 0 Å². The summed E-state index contributed by atoms with van der Waals surface area (Å²) in [6.07, 6.45) is 2.64. The first-order chi connectivity index (χ1) is 11.4. The minimum absolute atomic E-state index is 0.0285. The van der Waals surface area contributed by atoms with E-state index in [1.165, 1.54) is 28.4 Å². The normalized spacial score (nSPS) is 10.6. The van der Waals surface area contributed by atoms with Crippen molar-refractivity contribution < 1.29 is 28.5 Å². The lowest BCUT2D eigenvalue weighted by molar-refractivity contribution is -0.170. The molecule has 6 heteroatoms. The Morgan fingerprint density at radius 3 is 2.00 bits per heavy atom. The number of esters is 2. The average Bonchev–Trinajstić information content (AvgIpc) is 2.59. The molecular formula is C18H28O6. The van der Waals surface area contributed by atoms with Crippen molar-refractivity contribution in [2.24, 2.45) is 5.41 Å². The van der Waals surface area contributed by atoms with Gasteiger partial charge in [0.2, 0.25) is 0 Å². The zero-order valence-electron chi connectivity index (χ0n) is 15.4. The smallest absolute Gasteiger partial charge is 0.324 e. The van der Waals surface area contributed by atoms with Crippen LogP contribution < -0.4 is 0 Å². The van der Waals surface area contributed by atoms with Crippen LogP contribution in [0.5, 0.6) is 0 Å². The molecule has 6 nitrogen and oxygen atoms in total. The van der Waals surface area contributed by atoms with Crippen molar-refractivity contribution in [1.29, 1.82) is 0 Å². The summed E-state index contributed by atoms with van der Waals surface area (Å²) >= 11 is 0. The predicted molar refractivity (Wildman–Crippen MR) is 89.9 cm³/mol. The van der Waals surface area contributed by atoms with E-state index in [1.807, 2.05) is 13.8 Å². The van der Waals surface area contributed by atoms with Gasteiger partial charge in [-0.05, 0) is 39.2 Å². The summed E-state index contributed by atoms with van der Waals surface area (Å²) in [5.74, 6) is 4.41. The number of carbonyl (C=O) groups is 2. The monoisotopic (exact) mass is 340 g/mol. The molecule has 0 aromatic rings. The van der Waals surface area contributed by atoms with Crippen molar-refractivity contribution in [1.82, 2.24) is 0 Å². The summed E-state index contributed by atoms with van der Waals surface area (Å²) in [5.41, 5.74) is -0.412. The van der Waals surface area contributed by atoms with Crippen LogP contribution in [0, 0.1) is 17.3 Å². The van der Waals surface area contributed by atoms with Gasteiger partial charge in [0.25, 0.3) is 0 Å². The largest absolute Gasteiger partial charge is 0.468 e. The van der Waals surface area contributed by atoms with Crippen LogP contribution in [0.2, 0.25) is 0 Å². The Morgan fingerprint density at radius 2 is 1.58 bits per heavy atom. The second-order valence-electron chi connectivity index (χ2n) is 5.58. The molecule has 0 aliphatic carbocycles. The van der Waals surface area contributed by atoms with Crippen LogP contribution in [0.15, 0.2) is 11.6 Å². The van der Waals surface area contributed by atoms with Gasteiger partial charge in [0.15, 0.2) is 11.7 Å². The van der Waals surface area contributed by atoms with Gasteiger partial charge < -0.3 is 18.9 Å². The lowest BCUT2D eigenvalue weighted by atomic mass is 9.79. The highest BCUT2D eigenvalue weighted by Crippen LogP contribution is 2.32. The Bertz CT molecular complexity index is 473. The van der Waals surface area contributed by atoms with Gasteiger partial charge in [-0.2, -0.15) is 0 Å². The van der Waals surface area contributed by atoms with Crippen LogP contribution >= 0.6 is 0 Å². The van der Waals surface area contributed by atoms with Gasteiger partial charge in [0.1, 0.15) is 0 Å². The highest BCUT2D eigenvalue weighted by Gasteiger charge is 2.47. The molecule has 0 unspecified atom stereocenters. The molecule has 0 N–H and O–H groups in total. The quantitative estimate of drug-likeness (QED) is 0.278. The number of hydrogen-bond acceptors (Lipinski definition) is 6. The molecule has 0 radical (unpaired) electrons. The summed E-state index contributed by atoms with van der Waals surface area (Å²) in [6, 6.07) is 0. The van der Waals surface area contributed by atoms with Crippen LogP contribution in [0.1, 0.15) is 39.5 Å². The molecule has 0 fully saturated rings. The molecule has 0 saturated carbocycles.